The SMILES string of the molecule is CC#CCc1ccc(S(=O)(=O)C(C)(CC)C(=O)NO)cc1. The summed E-state index contributed by atoms with van der Waals surface area (Å²) in [5, 5.41) is 8.77. The molecule has 0 fully saturated rings. The highest BCUT2D eigenvalue weighted by molar-refractivity contribution is 7.93. The van der Waals surface area contributed by atoms with Gasteiger partial charge in [0.05, 0.1) is 4.90 Å². The minimum Gasteiger partial charge on any atom is -0.289 e. The second kappa shape index (κ2) is 6.74. The van der Waals surface area contributed by atoms with Gasteiger partial charge in [-0.2, -0.15) is 0 Å². The molecule has 6 heteroatoms. The van der Waals surface area contributed by atoms with Gasteiger partial charge in [0.1, 0.15) is 0 Å². The molecule has 0 heterocycles. The number of carbonyl (C=O) groups is 1. The van der Waals surface area contributed by atoms with Crippen molar-refractivity contribution in [2.75, 3.05) is 0 Å². The topological polar surface area (TPSA) is 83.5 Å². The van der Waals surface area contributed by atoms with Crippen molar-refractivity contribution in [2.24, 2.45) is 0 Å². The Balaban J connectivity index is 3.23. The Labute approximate surface area is 125 Å². The van der Waals surface area contributed by atoms with Crippen LogP contribution < -0.4 is 5.48 Å². The van der Waals surface area contributed by atoms with Crippen molar-refractivity contribution in [3.8, 4) is 11.8 Å². The number of hydrogen-bond acceptors (Lipinski definition) is 4. The molecule has 0 saturated heterocycles. The lowest BCUT2D eigenvalue weighted by Crippen LogP contribution is -2.48. The normalized spacial score (nSPS) is 13.7. The predicted octanol–water partition coefficient (Wildman–Crippen LogP) is 1.70. The first-order chi connectivity index (χ1) is 9.83. The van der Waals surface area contributed by atoms with Crippen molar-refractivity contribution in [1.82, 2.24) is 5.48 Å². The van der Waals surface area contributed by atoms with Crippen LogP contribution in [0.2, 0.25) is 0 Å². The average Bonchev–Trinajstić information content (AvgIpc) is 2.51. The minimum atomic E-state index is -3.91. The van der Waals surface area contributed by atoms with E-state index in [4.69, 9.17) is 5.21 Å². The molecule has 0 aliphatic rings. The van der Waals surface area contributed by atoms with Crippen molar-refractivity contribution < 1.29 is 18.4 Å². The number of hydrogen-bond donors (Lipinski definition) is 2. The lowest BCUT2D eigenvalue weighted by Gasteiger charge is -2.25. The Bertz CT molecular complexity index is 668. The molecule has 2 N–H and O–H groups in total. The maximum atomic E-state index is 12.6. The fraction of sp³-hybridized carbons (Fsp3) is 0.400. The fourth-order valence-corrected chi connectivity index (χ4v) is 3.51. The molecule has 1 amide bonds. The van der Waals surface area contributed by atoms with E-state index in [9.17, 15) is 13.2 Å². The second-order valence-corrected chi connectivity index (χ2v) is 7.16. The molecular formula is C15H19NO4S. The molecule has 1 aromatic rings. The van der Waals surface area contributed by atoms with E-state index in [1.165, 1.54) is 24.5 Å². The van der Waals surface area contributed by atoms with Crippen LogP contribution >= 0.6 is 0 Å². The van der Waals surface area contributed by atoms with Gasteiger partial charge in [-0.1, -0.05) is 25.0 Å². The van der Waals surface area contributed by atoms with E-state index in [1.54, 1.807) is 26.0 Å². The van der Waals surface area contributed by atoms with Crippen LogP contribution in [0.3, 0.4) is 0 Å². The van der Waals surface area contributed by atoms with Crippen LogP contribution in [0.15, 0.2) is 29.2 Å². The van der Waals surface area contributed by atoms with Crippen LogP contribution in [0.1, 0.15) is 32.8 Å². The number of amides is 1. The summed E-state index contributed by atoms with van der Waals surface area (Å²) in [6.07, 6.45) is 0.587. The summed E-state index contributed by atoms with van der Waals surface area (Å²) in [6.45, 7) is 4.61. The van der Waals surface area contributed by atoms with E-state index < -0.39 is 20.5 Å². The highest BCUT2D eigenvalue weighted by Crippen LogP contribution is 2.29. The first kappa shape index (κ1) is 17.2. The van der Waals surface area contributed by atoms with Crippen molar-refractivity contribution in [1.29, 1.82) is 0 Å². The van der Waals surface area contributed by atoms with Gasteiger partial charge in [0.25, 0.3) is 5.91 Å². The van der Waals surface area contributed by atoms with Gasteiger partial charge in [0, 0.05) is 6.42 Å². The van der Waals surface area contributed by atoms with Crippen LogP contribution in [0.25, 0.3) is 0 Å². The zero-order valence-corrected chi connectivity index (χ0v) is 13.1. The molecule has 1 aromatic carbocycles. The average molecular weight is 309 g/mol. The standard InChI is InChI=1S/C15H19NO4S/c1-4-6-7-12-8-10-13(11-9-12)21(19,20)15(3,5-2)14(17)16-18/h8-11,18H,5,7H2,1-3H3,(H,16,17). The molecule has 0 aliphatic carbocycles. The maximum absolute atomic E-state index is 12.6. The highest BCUT2D eigenvalue weighted by atomic mass is 32.2. The highest BCUT2D eigenvalue weighted by Gasteiger charge is 2.45. The molecule has 0 aliphatic heterocycles. The van der Waals surface area contributed by atoms with Crippen molar-refractivity contribution >= 4 is 15.7 Å². The number of rotatable bonds is 5. The Kier molecular flexibility index (Phi) is 5.53. The van der Waals surface area contributed by atoms with E-state index in [0.717, 1.165) is 5.56 Å². The first-order valence-corrected chi connectivity index (χ1v) is 7.99. The molecule has 114 valence electrons. The van der Waals surface area contributed by atoms with Crippen LogP contribution in [-0.4, -0.2) is 24.3 Å². The molecule has 1 rings (SSSR count). The Morgan fingerprint density at radius 1 is 1.33 bits per heavy atom. The van der Waals surface area contributed by atoms with Gasteiger partial charge in [0.15, 0.2) is 14.6 Å². The molecule has 5 nitrogen and oxygen atoms in total. The molecule has 0 radical (unpaired) electrons. The molecule has 1 unspecified atom stereocenters. The lowest BCUT2D eigenvalue weighted by molar-refractivity contribution is -0.131. The Morgan fingerprint density at radius 2 is 1.90 bits per heavy atom. The van der Waals surface area contributed by atoms with Crippen molar-refractivity contribution in [3.05, 3.63) is 29.8 Å². The summed E-state index contributed by atoms with van der Waals surface area (Å²) in [5.74, 6) is 4.72. The third-order valence-corrected chi connectivity index (χ3v) is 6.11. The summed E-state index contributed by atoms with van der Waals surface area (Å²) >= 11 is 0. The number of nitrogens with one attached hydrogen (secondary N) is 1. The summed E-state index contributed by atoms with van der Waals surface area (Å²) < 4.78 is 23.5. The number of benzene rings is 1. The molecule has 0 bridgehead atoms. The predicted molar refractivity (Wildman–Crippen MR) is 79.4 cm³/mol. The van der Waals surface area contributed by atoms with Crippen LogP contribution in [0.4, 0.5) is 0 Å². The van der Waals surface area contributed by atoms with Gasteiger partial charge < -0.3 is 0 Å². The fourth-order valence-electron chi connectivity index (χ4n) is 1.83. The molecule has 21 heavy (non-hydrogen) atoms. The van der Waals surface area contributed by atoms with Crippen LogP contribution in [0.5, 0.6) is 0 Å². The molecule has 0 saturated carbocycles. The lowest BCUT2D eigenvalue weighted by atomic mass is 10.1. The van der Waals surface area contributed by atoms with Gasteiger partial charge in [-0.25, -0.2) is 13.9 Å². The maximum Gasteiger partial charge on any atom is 0.264 e. The molecular weight excluding hydrogens is 290 g/mol. The van der Waals surface area contributed by atoms with Crippen LogP contribution in [-0.2, 0) is 21.1 Å². The second-order valence-electron chi connectivity index (χ2n) is 4.78. The number of carbonyl (C=O) groups excluding carboxylic acids is 1. The zero-order valence-electron chi connectivity index (χ0n) is 12.3. The van der Waals surface area contributed by atoms with Crippen LogP contribution in [0, 0.1) is 11.8 Å². The van der Waals surface area contributed by atoms with Gasteiger partial charge >= 0.3 is 0 Å². The third-order valence-electron chi connectivity index (χ3n) is 3.55. The van der Waals surface area contributed by atoms with E-state index >= 15 is 0 Å². The molecule has 0 spiro atoms. The number of hydroxylamine groups is 1. The van der Waals surface area contributed by atoms with E-state index in [0.29, 0.717) is 6.42 Å². The first-order valence-electron chi connectivity index (χ1n) is 6.51. The third kappa shape index (κ3) is 3.26. The van der Waals surface area contributed by atoms with E-state index in [1.807, 2.05) is 0 Å². The molecule has 1 atom stereocenters. The Hall–Kier alpha value is -1.84. The summed E-state index contributed by atoms with van der Waals surface area (Å²) in [7, 11) is -3.91. The summed E-state index contributed by atoms with van der Waals surface area (Å²) in [5.41, 5.74) is 2.33. The number of sulfone groups is 1. The quantitative estimate of drug-likeness (QED) is 0.492. The van der Waals surface area contributed by atoms with Crippen molar-refractivity contribution in [3.63, 3.8) is 0 Å². The summed E-state index contributed by atoms with van der Waals surface area (Å²) in [4.78, 5) is 11.8. The molecule has 0 aromatic heterocycles. The van der Waals surface area contributed by atoms with Gasteiger partial charge in [-0.3, -0.25) is 10.0 Å². The van der Waals surface area contributed by atoms with E-state index in [-0.39, 0.29) is 11.3 Å². The van der Waals surface area contributed by atoms with Gasteiger partial charge in [-0.05, 0) is 38.0 Å². The minimum absolute atomic E-state index is 0.0451. The zero-order chi connectivity index (χ0) is 16.1. The van der Waals surface area contributed by atoms with Gasteiger partial charge in [0.2, 0.25) is 0 Å². The largest absolute Gasteiger partial charge is 0.289 e. The smallest absolute Gasteiger partial charge is 0.264 e. The van der Waals surface area contributed by atoms with Crippen molar-refractivity contribution in [2.45, 2.75) is 43.3 Å². The summed E-state index contributed by atoms with van der Waals surface area (Å²) in [6, 6.07) is 6.26. The van der Waals surface area contributed by atoms with E-state index in [2.05, 4.69) is 11.8 Å². The Morgan fingerprint density at radius 3 is 2.33 bits per heavy atom. The monoisotopic (exact) mass is 309 g/mol. The van der Waals surface area contributed by atoms with Gasteiger partial charge in [-0.15, -0.1) is 5.92 Å².